The topological polar surface area (TPSA) is 23.0 Å². The zero-order chi connectivity index (χ0) is 32.1. The lowest BCUT2D eigenvalue weighted by atomic mass is 10.0. The highest BCUT2D eigenvalue weighted by molar-refractivity contribution is 6.21. The van der Waals surface area contributed by atoms with Gasteiger partial charge in [-0.3, -0.25) is 4.57 Å². The Morgan fingerprint density at radius 1 is 0.347 bits per heavy atom. The number of fused-ring (bicyclic) bond motifs is 11. The van der Waals surface area contributed by atoms with E-state index < -0.39 is 0 Å². The van der Waals surface area contributed by atoms with Gasteiger partial charge < -0.3 is 8.98 Å². The van der Waals surface area contributed by atoms with Crippen molar-refractivity contribution >= 4 is 76.3 Å². The van der Waals surface area contributed by atoms with E-state index in [2.05, 4.69) is 173 Å². The summed E-state index contributed by atoms with van der Waals surface area (Å²) in [5.41, 5.74) is 9.93. The van der Waals surface area contributed by atoms with Crippen LogP contribution >= 0.6 is 0 Å². The molecular formula is C46H28N2O. The third-order valence-electron chi connectivity index (χ3n) is 10.3. The van der Waals surface area contributed by atoms with E-state index in [-0.39, 0.29) is 0 Å². The van der Waals surface area contributed by atoms with E-state index in [1.165, 1.54) is 59.9 Å². The molecule has 0 radical (unpaired) electrons. The number of hydrogen-bond donors (Lipinski definition) is 0. The minimum absolute atomic E-state index is 0.871. The average molecular weight is 625 g/mol. The maximum absolute atomic E-state index is 6.64. The molecule has 228 valence electrons. The van der Waals surface area contributed by atoms with Crippen LogP contribution in [0.4, 0.5) is 0 Å². The summed E-state index contributed by atoms with van der Waals surface area (Å²) < 4.78 is 11.3. The molecular weight excluding hydrogens is 597 g/mol. The van der Waals surface area contributed by atoms with Gasteiger partial charge in [0.2, 0.25) is 5.71 Å². The number of nitrogens with zero attached hydrogens (tertiary/aromatic N) is 2. The first-order chi connectivity index (χ1) is 24.3. The maximum atomic E-state index is 6.64. The van der Waals surface area contributed by atoms with Crippen LogP contribution in [-0.4, -0.2) is 9.13 Å². The van der Waals surface area contributed by atoms with Crippen LogP contribution in [0, 0.1) is 0 Å². The third kappa shape index (κ3) is 3.78. The van der Waals surface area contributed by atoms with Gasteiger partial charge in [0.25, 0.3) is 0 Å². The maximum Gasteiger partial charge on any atom is 0.213 e. The largest absolute Gasteiger partial charge is 0.439 e. The molecule has 0 bridgehead atoms. The van der Waals surface area contributed by atoms with Crippen molar-refractivity contribution in [2.75, 3.05) is 0 Å². The van der Waals surface area contributed by atoms with Gasteiger partial charge in [0.05, 0.1) is 21.9 Å². The predicted molar refractivity (Wildman–Crippen MR) is 205 cm³/mol. The molecule has 0 fully saturated rings. The lowest BCUT2D eigenvalue weighted by molar-refractivity contribution is 0.645. The summed E-state index contributed by atoms with van der Waals surface area (Å²) in [6, 6.07) is 61.3. The van der Waals surface area contributed by atoms with Crippen molar-refractivity contribution in [3.05, 3.63) is 170 Å². The summed E-state index contributed by atoms with van der Waals surface area (Å²) >= 11 is 0. The van der Waals surface area contributed by atoms with Crippen molar-refractivity contribution < 1.29 is 4.42 Å². The van der Waals surface area contributed by atoms with Gasteiger partial charge in [-0.1, -0.05) is 115 Å². The lowest BCUT2D eigenvalue weighted by Crippen LogP contribution is -1.94. The molecule has 0 unspecified atom stereocenters. The Kier molecular flexibility index (Phi) is 5.38. The smallest absolute Gasteiger partial charge is 0.213 e. The first kappa shape index (κ1) is 26.5. The normalized spacial score (nSPS) is 12.1. The first-order valence-corrected chi connectivity index (χ1v) is 16.8. The second-order valence-corrected chi connectivity index (χ2v) is 13.0. The second-order valence-electron chi connectivity index (χ2n) is 13.0. The highest BCUT2D eigenvalue weighted by atomic mass is 16.3. The fourth-order valence-electron chi connectivity index (χ4n) is 8.07. The average Bonchev–Trinajstić information content (AvgIpc) is 3.81. The molecule has 0 saturated heterocycles. The van der Waals surface area contributed by atoms with Crippen LogP contribution in [0.2, 0.25) is 0 Å². The molecule has 0 N–H and O–H groups in total. The van der Waals surface area contributed by atoms with E-state index in [0.717, 1.165) is 39.0 Å². The minimum Gasteiger partial charge on any atom is -0.439 e. The molecule has 3 heterocycles. The molecule has 0 aliphatic rings. The zero-order valence-electron chi connectivity index (χ0n) is 26.5. The van der Waals surface area contributed by atoms with Crippen LogP contribution in [0.25, 0.3) is 98.8 Å². The molecule has 0 aliphatic heterocycles. The molecule has 11 rings (SSSR count). The zero-order valence-corrected chi connectivity index (χ0v) is 26.5. The number of para-hydroxylation sites is 3. The fraction of sp³-hybridized carbons (Fsp3) is 0. The van der Waals surface area contributed by atoms with Crippen molar-refractivity contribution in [2.45, 2.75) is 0 Å². The van der Waals surface area contributed by atoms with Crippen LogP contribution < -0.4 is 0 Å². The molecule has 0 saturated carbocycles. The Morgan fingerprint density at radius 2 is 0.939 bits per heavy atom. The van der Waals surface area contributed by atoms with Gasteiger partial charge in [0, 0.05) is 32.9 Å². The standard InChI is InChI=1S/C46H28N2O/c1-2-10-35-30(9-1)17-18-32-27-34(24-25-36(32)35)48-43-26-21-31(28-40(43)45-39-13-5-8-16-44(39)49-46(45)48)29-19-22-33(23-20-29)47-41-14-6-3-11-37(41)38-12-4-7-15-42(38)47/h1-28H. The van der Waals surface area contributed by atoms with E-state index >= 15 is 0 Å². The summed E-state index contributed by atoms with van der Waals surface area (Å²) in [5, 5.41) is 11.0. The lowest BCUT2D eigenvalue weighted by Gasteiger charge is -2.11. The SMILES string of the molecule is c1ccc2c(c1)ccc1cc(-n3c4ccc(-c5ccc(-n6c7ccccc7c7ccccc76)cc5)cc4c4c5ccccc5oc43)ccc12. The van der Waals surface area contributed by atoms with Crippen molar-refractivity contribution in [2.24, 2.45) is 0 Å². The van der Waals surface area contributed by atoms with Gasteiger partial charge in [-0.15, -0.1) is 0 Å². The quantitative estimate of drug-likeness (QED) is 0.179. The van der Waals surface area contributed by atoms with Gasteiger partial charge >= 0.3 is 0 Å². The van der Waals surface area contributed by atoms with E-state index in [1.807, 2.05) is 6.07 Å². The number of furan rings is 1. The molecule has 3 nitrogen and oxygen atoms in total. The van der Waals surface area contributed by atoms with E-state index in [0.29, 0.717) is 0 Å². The Bertz CT molecular complexity index is 3050. The highest BCUT2D eigenvalue weighted by Crippen LogP contribution is 2.41. The first-order valence-electron chi connectivity index (χ1n) is 16.8. The molecule has 49 heavy (non-hydrogen) atoms. The summed E-state index contributed by atoms with van der Waals surface area (Å²) in [7, 11) is 0. The van der Waals surface area contributed by atoms with Gasteiger partial charge in [0.15, 0.2) is 0 Å². The number of benzene rings is 8. The fourth-order valence-corrected chi connectivity index (χ4v) is 8.07. The van der Waals surface area contributed by atoms with Crippen LogP contribution in [0.1, 0.15) is 0 Å². The Morgan fingerprint density at radius 3 is 1.73 bits per heavy atom. The van der Waals surface area contributed by atoms with Crippen molar-refractivity contribution in [3.63, 3.8) is 0 Å². The van der Waals surface area contributed by atoms with Crippen LogP contribution in [0.5, 0.6) is 0 Å². The number of aromatic nitrogens is 2. The van der Waals surface area contributed by atoms with Crippen molar-refractivity contribution in [1.29, 1.82) is 0 Å². The van der Waals surface area contributed by atoms with E-state index in [9.17, 15) is 0 Å². The van der Waals surface area contributed by atoms with Crippen LogP contribution in [0.15, 0.2) is 174 Å². The second kappa shape index (κ2) is 9.96. The summed E-state index contributed by atoms with van der Waals surface area (Å²) in [6.45, 7) is 0. The summed E-state index contributed by atoms with van der Waals surface area (Å²) in [4.78, 5) is 0. The van der Waals surface area contributed by atoms with Gasteiger partial charge in [-0.2, -0.15) is 0 Å². The van der Waals surface area contributed by atoms with Gasteiger partial charge in [0.1, 0.15) is 5.58 Å². The van der Waals surface area contributed by atoms with Crippen molar-refractivity contribution in [1.82, 2.24) is 9.13 Å². The summed E-state index contributed by atoms with van der Waals surface area (Å²) in [5.74, 6) is 0. The minimum atomic E-state index is 0.871. The number of rotatable bonds is 3. The predicted octanol–water partition coefficient (Wildman–Crippen LogP) is 12.6. The van der Waals surface area contributed by atoms with Crippen LogP contribution in [0.3, 0.4) is 0 Å². The number of hydrogen-bond acceptors (Lipinski definition) is 1. The van der Waals surface area contributed by atoms with Crippen LogP contribution in [-0.2, 0) is 0 Å². The Hall–Kier alpha value is -6.58. The Labute approximate surface area is 281 Å². The third-order valence-corrected chi connectivity index (χ3v) is 10.3. The highest BCUT2D eigenvalue weighted by Gasteiger charge is 2.20. The molecule has 3 aromatic heterocycles. The molecule has 0 amide bonds. The molecule has 0 spiro atoms. The molecule has 0 aliphatic carbocycles. The van der Waals surface area contributed by atoms with E-state index in [1.54, 1.807) is 0 Å². The van der Waals surface area contributed by atoms with E-state index in [4.69, 9.17) is 4.42 Å². The van der Waals surface area contributed by atoms with Crippen molar-refractivity contribution in [3.8, 4) is 22.5 Å². The molecule has 8 aromatic carbocycles. The Balaban J connectivity index is 1.09. The monoisotopic (exact) mass is 624 g/mol. The molecule has 11 aromatic rings. The summed E-state index contributed by atoms with van der Waals surface area (Å²) in [6.07, 6.45) is 0. The molecule has 3 heteroatoms. The van der Waals surface area contributed by atoms with Gasteiger partial charge in [-0.25, -0.2) is 0 Å². The van der Waals surface area contributed by atoms with Gasteiger partial charge in [-0.05, 0) is 87.3 Å². The molecule has 0 atom stereocenters.